The van der Waals surface area contributed by atoms with Crippen LogP contribution in [0.5, 0.6) is 0 Å². The monoisotopic (exact) mass is 237 g/mol. The summed E-state index contributed by atoms with van der Waals surface area (Å²) in [5.74, 6) is 0. The molecule has 1 N–H and O–H groups in total. The van der Waals surface area contributed by atoms with Crippen molar-refractivity contribution in [1.82, 2.24) is 5.32 Å². The first-order valence-electron chi connectivity index (χ1n) is 6.51. The third-order valence-electron chi connectivity index (χ3n) is 4.24. The molecule has 1 saturated carbocycles. The van der Waals surface area contributed by atoms with E-state index in [0.717, 1.165) is 0 Å². The molecule has 1 aromatic rings. The molecule has 0 amide bonds. The van der Waals surface area contributed by atoms with Gasteiger partial charge in [0.15, 0.2) is 0 Å². The van der Waals surface area contributed by atoms with E-state index < -0.39 is 0 Å². The fourth-order valence-corrected chi connectivity index (χ4v) is 3.54. The molecule has 1 aliphatic carbocycles. The summed E-state index contributed by atoms with van der Waals surface area (Å²) in [5, 5.41) is 8.15. The molecule has 1 nitrogen and oxygen atoms in total. The normalized spacial score (nSPS) is 21.1. The van der Waals surface area contributed by atoms with Crippen LogP contribution >= 0.6 is 11.3 Å². The van der Waals surface area contributed by atoms with Crippen molar-refractivity contribution in [2.45, 2.75) is 52.0 Å². The maximum atomic E-state index is 3.73. The van der Waals surface area contributed by atoms with Crippen molar-refractivity contribution in [2.75, 3.05) is 6.54 Å². The maximum Gasteiger partial charge on any atom is 0.0300 e. The van der Waals surface area contributed by atoms with Crippen molar-refractivity contribution in [1.29, 1.82) is 0 Å². The van der Waals surface area contributed by atoms with Crippen LogP contribution in [0.15, 0.2) is 16.8 Å². The van der Waals surface area contributed by atoms with Crippen molar-refractivity contribution < 1.29 is 0 Å². The molecule has 2 rings (SSSR count). The lowest BCUT2D eigenvalue weighted by Crippen LogP contribution is -2.33. The zero-order chi connectivity index (χ0) is 11.4. The van der Waals surface area contributed by atoms with Gasteiger partial charge in [0.25, 0.3) is 0 Å². The van der Waals surface area contributed by atoms with Gasteiger partial charge >= 0.3 is 0 Å². The first-order valence-corrected chi connectivity index (χ1v) is 7.45. The molecular formula is C14H23NS. The minimum Gasteiger partial charge on any atom is -0.310 e. The topological polar surface area (TPSA) is 12.0 Å². The van der Waals surface area contributed by atoms with Crippen LogP contribution in [-0.4, -0.2) is 6.54 Å². The Kier molecular flexibility index (Phi) is 4.04. The van der Waals surface area contributed by atoms with Crippen molar-refractivity contribution >= 4 is 11.3 Å². The van der Waals surface area contributed by atoms with Gasteiger partial charge in [0, 0.05) is 12.6 Å². The van der Waals surface area contributed by atoms with Crippen LogP contribution in [0.3, 0.4) is 0 Å². The van der Waals surface area contributed by atoms with Crippen LogP contribution in [0.4, 0.5) is 0 Å². The molecule has 0 aromatic carbocycles. The zero-order valence-corrected chi connectivity index (χ0v) is 11.3. The van der Waals surface area contributed by atoms with Gasteiger partial charge in [0.2, 0.25) is 0 Å². The molecular weight excluding hydrogens is 214 g/mol. The third-order valence-corrected chi connectivity index (χ3v) is 4.94. The molecule has 1 atom stereocenters. The van der Waals surface area contributed by atoms with Crippen molar-refractivity contribution in [3.63, 3.8) is 0 Å². The maximum absolute atomic E-state index is 3.73. The second kappa shape index (κ2) is 5.33. The Labute approximate surface area is 103 Å². The standard InChI is InChI=1S/C14H23NS/c1-3-14(7-4-5-8-14)11-15-12(2)13-6-9-16-10-13/h6,9-10,12,15H,3-5,7-8,11H2,1-2H3. The fourth-order valence-electron chi connectivity index (χ4n) is 2.79. The second-order valence-corrected chi connectivity index (χ2v) is 6.00. The Morgan fingerprint density at radius 2 is 2.19 bits per heavy atom. The second-order valence-electron chi connectivity index (χ2n) is 5.22. The van der Waals surface area contributed by atoms with Crippen LogP contribution < -0.4 is 5.32 Å². The van der Waals surface area contributed by atoms with E-state index in [0.29, 0.717) is 11.5 Å². The molecule has 1 unspecified atom stereocenters. The quantitative estimate of drug-likeness (QED) is 0.802. The molecule has 1 aromatic heterocycles. The van der Waals surface area contributed by atoms with Gasteiger partial charge in [-0.25, -0.2) is 0 Å². The highest BCUT2D eigenvalue weighted by Gasteiger charge is 2.31. The Hall–Kier alpha value is -0.340. The molecule has 1 fully saturated rings. The minimum absolute atomic E-state index is 0.510. The van der Waals surface area contributed by atoms with Gasteiger partial charge in [0.1, 0.15) is 0 Å². The number of rotatable bonds is 5. The van der Waals surface area contributed by atoms with E-state index in [2.05, 4.69) is 36.0 Å². The summed E-state index contributed by atoms with van der Waals surface area (Å²) in [6.45, 7) is 5.82. The zero-order valence-electron chi connectivity index (χ0n) is 10.5. The van der Waals surface area contributed by atoms with E-state index in [9.17, 15) is 0 Å². The fraction of sp³-hybridized carbons (Fsp3) is 0.714. The van der Waals surface area contributed by atoms with Crippen LogP contribution in [0.25, 0.3) is 0 Å². The number of hydrogen-bond donors (Lipinski definition) is 1. The Morgan fingerprint density at radius 1 is 1.44 bits per heavy atom. The first kappa shape index (κ1) is 12.1. The SMILES string of the molecule is CCC1(CNC(C)c2ccsc2)CCCC1. The Morgan fingerprint density at radius 3 is 2.75 bits per heavy atom. The van der Waals surface area contributed by atoms with Gasteiger partial charge in [-0.15, -0.1) is 0 Å². The van der Waals surface area contributed by atoms with E-state index >= 15 is 0 Å². The van der Waals surface area contributed by atoms with Crippen LogP contribution in [0.1, 0.15) is 57.6 Å². The molecule has 2 heteroatoms. The number of thiophene rings is 1. The average Bonchev–Trinajstić information content (AvgIpc) is 2.98. The minimum atomic E-state index is 0.510. The predicted molar refractivity (Wildman–Crippen MR) is 71.9 cm³/mol. The van der Waals surface area contributed by atoms with E-state index in [1.165, 1.54) is 44.2 Å². The lowest BCUT2D eigenvalue weighted by Gasteiger charge is -2.29. The van der Waals surface area contributed by atoms with E-state index in [-0.39, 0.29) is 0 Å². The van der Waals surface area contributed by atoms with Crippen LogP contribution in [0.2, 0.25) is 0 Å². The van der Waals surface area contributed by atoms with Crippen molar-refractivity contribution in [3.8, 4) is 0 Å². The van der Waals surface area contributed by atoms with E-state index in [4.69, 9.17) is 0 Å². The predicted octanol–water partition coefficient (Wildman–Crippen LogP) is 4.37. The molecule has 1 heterocycles. The highest BCUT2D eigenvalue weighted by Crippen LogP contribution is 2.40. The third kappa shape index (κ3) is 2.67. The summed E-state index contributed by atoms with van der Waals surface area (Å²) in [6.07, 6.45) is 7.04. The largest absolute Gasteiger partial charge is 0.310 e. The van der Waals surface area contributed by atoms with Crippen molar-refractivity contribution in [2.24, 2.45) is 5.41 Å². The summed E-state index contributed by atoms with van der Waals surface area (Å²) in [6, 6.07) is 2.74. The molecule has 0 radical (unpaired) electrons. The molecule has 16 heavy (non-hydrogen) atoms. The lowest BCUT2D eigenvalue weighted by atomic mass is 9.83. The summed E-state index contributed by atoms with van der Waals surface area (Å²) >= 11 is 1.79. The van der Waals surface area contributed by atoms with Gasteiger partial charge < -0.3 is 5.32 Å². The summed E-state index contributed by atoms with van der Waals surface area (Å²) in [7, 11) is 0. The van der Waals surface area contributed by atoms with Gasteiger partial charge in [-0.2, -0.15) is 11.3 Å². The molecule has 90 valence electrons. The highest BCUT2D eigenvalue weighted by molar-refractivity contribution is 7.07. The molecule has 1 aliphatic rings. The van der Waals surface area contributed by atoms with Crippen LogP contribution in [0, 0.1) is 5.41 Å². The summed E-state index contributed by atoms with van der Waals surface area (Å²) in [4.78, 5) is 0. The molecule has 0 spiro atoms. The molecule has 0 bridgehead atoms. The highest BCUT2D eigenvalue weighted by atomic mass is 32.1. The number of hydrogen-bond acceptors (Lipinski definition) is 2. The van der Waals surface area contributed by atoms with Gasteiger partial charge in [-0.3, -0.25) is 0 Å². The molecule has 0 aliphatic heterocycles. The summed E-state index contributed by atoms with van der Waals surface area (Å²) in [5.41, 5.74) is 2.04. The van der Waals surface area contributed by atoms with E-state index in [1.807, 2.05) is 0 Å². The van der Waals surface area contributed by atoms with Gasteiger partial charge in [-0.05, 0) is 54.0 Å². The Balaban J connectivity index is 1.86. The Bertz CT molecular complexity index is 299. The lowest BCUT2D eigenvalue weighted by molar-refractivity contribution is 0.259. The average molecular weight is 237 g/mol. The molecule has 0 saturated heterocycles. The van der Waals surface area contributed by atoms with Crippen LogP contribution in [-0.2, 0) is 0 Å². The smallest absolute Gasteiger partial charge is 0.0300 e. The summed E-state index contributed by atoms with van der Waals surface area (Å²) < 4.78 is 0. The number of nitrogens with one attached hydrogen (secondary N) is 1. The van der Waals surface area contributed by atoms with Gasteiger partial charge in [-0.1, -0.05) is 19.8 Å². The van der Waals surface area contributed by atoms with Crippen molar-refractivity contribution in [3.05, 3.63) is 22.4 Å². The van der Waals surface area contributed by atoms with Gasteiger partial charge in [0.05, 0.1) is 0 Å². The van der Waals surface area contributed by atoms with E-state index in [1.54, 1.807) is 11.3 Å². The first-order chi connectivity index (χ1) is 7.76.